The van der Waals surface area contributed by atoms with Gasteiger partial charge >= 0.3 is 0 Å². The molecule has 0 spiro atoms. The first kappa shape index (κ1) is 15.4. The quantitative estimate of drug-likeness (QED) is 0.749. The molecule has 0 saturated carbocycles. The minimum absolute atomic E-state index is 0.00603. The van der Waals surface area contributed by atoms with E-state index in [1.165, 1.54) is 10.4 Å². The van der Waals surface area contributed by atoms with Crippen LogP contribution in [0.15, 0.2) is 29.1 Å². The summed E-state index contributed by atoms with van der Waals surface area (Å²) in [7, 11) is 1.67. The van der Waals surface area contributed by atoms with E-state index in [4.69, 9.17) is 4.74 Å². The molecule has 0 bridgehead atoms. The van der Waals surface area contributed by atoms with Gasteiger partial charge in [0.15, 0.2) is 0 Å². The van der Waals surface area contributed by atoms with Crippen molar-refractivity contribution in [2.24, 2.45) is 0 Å². The van der Waals surface area contributed by atoms with Crippen LogP contribution in [0.1, 0.15) is 28.2 Å². The summed E-state index contributed by atoms with van der Waals surface area (Å²) in [5, 5.41) is 4.13. The SMILES string of the molecule is COc1ccccc1CNCc1nc2sc3c(c2c(=O)[nH]1)CCC3. The maximum absolute atomic E-state index is 12.4. The summed E-state index contributed by atoms with van der Waals surface area (Å²) < 4.78 is 5.35. The Labute approximate surface area is 143 Å². The largest absolute Gasteiger partial charge is 0.496 e. The first-order valence-corrected chi connectivity index (χ1v) is 8.94. The number of rotatable bonds is 5. The number of aromatic amines is 1. The molecule has 0 atom stereocenters. The Morgan fingerprint density at radius 1 is 1.29 bits per heavy atom. The standard InChI is InChI=1S/C18H19N3O2S/c1-23-13-7-3-2-5-11(13)9-19-10-15-20-17(22)16-12-6-4-8-14(12)24-18(16)21-15/h2-3,5,7,19H,4,6,8-10H2,1H3,(H,20,21,22). The number of hydrogen-bond acceptors (Lipinski definition) is 5. The van der Waals surface area contributed by atoms with Crippen molar-refractivity contribution >= 4 is 21.6 Å². The number of H-pyrrole nitrogens is 1. The van der Waals surface area contributed by atoms with Crippen LogP contribution in [0.4, 0.5) is 0 Å². The zero-order valence-corrected chi connectivity index (χ0v) is 14.3. The third-order valence-electron chi connectivity index (χ3n) is 4.42. The van der Waals surface area contributed by atoms with Gasteiger partial charge in [-0.15, -0.1) is 11.3 Å². The first-order valence-electron chi connectivity index (χ1n) is 8.12. The number of thiophene rings is 1. The van der Waals surface area contributed by atoms with Gasteiger partial charge in [-0.25, -0.2) is 4.98 Å². The molecule has 0 fully saturated rings. The number of nitrogens with one attached hydrogen (secondary N) is 2. The second kappa shape index (κ2) is 6.37. The van der Waals surface area contributed by atoms with Gasteiger partial charge in [0.25, 0.3) is 5.56 Å². The topological polar surface area (TPSA) is 67.0 Å². The molecule has 3 aromatic rings. The van der Waals surface area contributed by atoms with E-state index in [0.29, 0.717) is 18.9 Å². The number of aryl methyl sites for hydroxylation is 2. The third kappa shape index (κ3) is 2.72. The Morgan fingerprint density at radius 2 is 2.17 bits per heavy atom. The summed E-state index contributed by atoms with van der Waals surface area (Å²) in [5.74, 6) is 1.54. The average Bonchev–Trinajstić information content (AvgIpc) is 3.15. The maximum atomic E-state index is 12.4. The van der Waals surface area contributed by atoms with Crippen molar-refractivity contribution in [2.45, 2.75) is 32.4 Å². The van der Waals surface area contributed by atoms with E-state index in [9.17, 15) is 4.79 Å². The van der Waals surface area contributed by atoms with E-state index in [1.807, 2.05) is 24.3 Å². The van der Waals surface area contributed by atoms with Crippen molar-refractivity contribution in [3.8, 4) is 5.75 Å². The molecule has 5 nitrogen and oxygen atoms in total. The molecular weight excluding hydrogens is 322 g/mol. The van der Waals surface area contributed by atoms with Crippen LogP contribution < -0.4 is 15.6 Å². The number of benzene rings is 1. The molecule has 0 aliphatic heterocycles. The monoisotopic (exact) mass is 341 g/mol. The molecule has 2 N–H and O–H groups in total. The highest BCUT2D eigenvalue weighted by molar-refractivity contribution is 7.18. The summed E-state index contributed by atoms with van der Waals surface area (Å²) in [5.41, 5.74) is 2.30. The van der Waals surface area contributed by atoms with E-state index >= 15 is 0 Å². The van der Waals surface area contributed by atoms with E-state index in [2.05, 4.69) is 15.3 Å². The van der Waals surface area contributed by atoms with Crippen molar-refractivity contribution in [3.63, 3.8) is 0 Å². The van der Waals surface area contributed by atoms with Crippen LogP contribution in [-0.2, 0) is 25.9 Å². The Morgan fingerprint density at radius 3 is 3.04 bits per heavy atom. The summed E-state index contributed by atoms with van der Waals surface area (Å²) in [6.45, 7) is 1.18. The molecule has 2 aromatic heterocycles. The highest BCUT2D eigenvalue weighted by Crippen LogP contribution is 2.34. The minimum Gasteiger partial charge on any atom is -0.496 e. The number of nitrogens with zero attached hydrogens (tertiary/aromatic N) is 1. The molecule has 0 unspecified atom stereocenters. The smallest absolute Gasteiger partial charge is 0.259 e. The van der Waals surface area contributed by atoms with Crippen LogP contribution in [0.3, 0.4) is 0 Å². The Balaban J connectivity index is 1.52. The molecule has 0 amide bonds. The van der Waals surface area contributed by atoms with Gasteiger partial charge in [-0.2, -0.15) is 0 Å². The van der Waals surface area contributed by atoms with Gasteiger partial charge in [-0.05, 0) is 30.9 Å². The molecule has 124 valence electrons. The molecule has 1 aromatic carbocycles. The molecule has 4 rings (SSSR count). The third-order valence-corrected chi connectivity index (χ3v) is 5.61. The van der Waals surface area contributed by atoms with E-state index in [0.717, 1.165) is 40.8 Å². The lowest BCUT2D eigenvalue weighted by molar-refractivity contribution is 0.407. The first-order chi connectivity index (χ1) is 11.8. The summed E-state index contributed by atoms with van der Waals surface area (Å²) in [6, 6.07) is 7.90. The number of methoxy groups -OCH3 is 1. The summed E-state index contributed by atoms with van der Waals surface area (Å²) >= 11 is 1.67. The molecule has 24 heavy (non-hydrogen) atoms. The second-order valence-corrected chi connectivity index (χ2v) is 7.05. The van der Waals surface area contributed by atoms with Crippen molar-refractivity contribution in [2.75, 3.05) is 7.11 Å². The average molecular weight is 341 g/mol. The molecule has 0 saturated heterocycles. The fourth-order valence-electron chi connectivity index (χ4n) is 3.30. The van der Waals surface area contributed by atoms with E-state index in [-0.39, 0.29) is 5.56 Å². The predicted octanol–water partition coefficient (Wildman–Crippen LogP) is 2.77. The van der Waals surface area contributed by atoms with Crippen molar-refractivity contribution in [1.29, 1.82) is 0 Å². The zero-order chi connectivity index (χ0) is 16.5. The molecule has 1 aliphatic rings. The van der Waals surface area contributed by atoms with Gasteiger partial charge in [0, 0.05) is 17.0 Å². The fraction of sp³-hybridized carbons (Fsp3) is 0.333. The normalized spacial score (nSPS) is 13.4. The highest BCUT2D eigenvalue weighted by atomic mass is 32.1. The van der Waals surface area contributed by atoms with E-state index < -0.39 is 0 Å². The molecule has 6 heteroatoms. The maximum Gasteiger partial charge on any atom is 0.259 e. The van der Waals surface area contributed by atoms with Crippen LogP contribution in [0.2, 0.25) is 0 Å². The lowest BCUT2D eigenvalue weighted by Crippen LogP contribution is -2.19. The predicted molar refractivity (Wildman–Crippen MR) is 95.8 cm³/mol. The van der Waals surface area contributed by atoms with Gasteiger partial charge in [0.2, 0.25) is 0 Å². The molecule has 0 radical (unpaired) electrons. The number of aromatic nitrogens is 2. The van der Waals surface area contributed by atoms with Gasteiger partial charge in [-0.3, -0.25) is 4.79 Å². The summed E-state index contributed by atoms with van der Waals surface area (Å²) in [4.78, 5) is 22.2. The number of fused-ring (bicyclic) bond motifs is 3. The Kier molecular flexibility index (Phi) is 4.08. The molecule has 2 heterocycles. The van der Waals surface area contributed by atoms with Crippen LogP contribution >= 0.6 is 11.3 Å². The lowest BCUT2D eigenvalue weighted by atomic mass is 10.2. The van der Waals surface area contributed by atoms with Crippen LogP contribution in [0.5, 0.6) is 5.75 Å². The summed E-state index contributed by atoms with van der Waals surface area (Å²) in [6.07, 6.45) is 3.24. The van der Waals surface area contributed by atoms with Crippen molar-refractivity contribution in [1.82, 2.24) is 15.3 Å². The van der Waals surface area contributed by atoms with Gasteiger partial charge < -0.3 is 15.0 Å². The van der Waals surface area contributed by atoms with Crippen LogP contribution in [0.25, 0.3) is 10.2 Å². The van der Waals surface area contributed by atoms with Gasteiger partial charge in [-0.1, -0.05) is 18.2 Å². The second-order valence-electron chi connectivity index (χ2n) is 5.97. The number of para-hydroxylation sites is 1. The fourth-order valence-corrected chi connectivity index (χ4v) is 4.58. The lowest BCUT2D eigenvalue weighted by Gasteiger charge is -2.09. The van der Waals surface area contributed by atoms with Gasteiger partial charge in [0.1, 0.15) is 16.4 Å². The minimum atomic E-state index is -0.00603. The molecule has 1 aliphatic carbocycles. The van der Waals surface area contributed by atoms with E-state index in [1.54, 1.807) is 18.4 Å². The number of ether oxygens (including phenoxy) is 1. The Bertz CT molecular complexity index is 945. The van der Waals surface area contributed by atoms with Crippen molar-refractivity contribution < 1.29 is 4.74 Å². The Hall–Kier alpha value is -2.18. The number of hydrogen-bond donors (Lipinski definition) is 2. The van der Waals surface area contributed by atoms with Crippen LogP contribution in [-0.4, -0.2) is 17.1 Å². The molecular formula is C18H19N3O2S. The van der Waals surface area contributed by atoms with Crippen molar-refractivity contribution in [3.05, 3.63) is 56.4 Å². The zero-order valence-electron chi connectivity index (χ0n) is 13.5. The van der Waals surface area contributed by atoms with Gasteiger partial charge in [0.05, 0.1) is 19.0 Å². The highest BCUT2D eigenvalue weighted by Gasteiger charge is 2.20. The van der Waals surface area contributed by atoms with Crippen LogP contribution in [0, 0.1) is 0 Å².